The molecule has 0 fully saturated rings. The predicted molar refractivity (Wildman–Crippen MR) is 72.4 cm³/mol. The van der Waals surface area contributed by atoms with E-state index in [1.54, 1.807) is 18.2 Å². The van der Waals surface area contributed by atoms with E-state index in [0.717, 1.165) is 0 Å². The van der Waals surface area contributed by atoms with Crippen molar-refractivity contribution >= 4 is 17.6 Å². The molecule has 0 saturated carbocycles. The molecule has 5 nitrogen and oxygen atoms in total. The second kappa shape index (κ2) is 7.07. The summed E-state index contributed by atoms with van der Waals surface area (Å²) in [5.74, 6) is 5.24. The summed E-state index contributed by atoms with van der Waals surface area (Å²) < 4.78 is 4.63. The highest BCUT2D eigenvalue weighted by molar-refractivity contribution is 5.90. The number of esters is 1. The van der Waals surface area contributed by atoms with Gasteiger partial charge in [0.05, 0.1) is 12.7 Å². The summed E-state index contributed by atoms with van der Waals surface area (Å²) in [6, 6.07) is 4.79. The van der Waals surface area contributed by atoms with Crippen LogP contribution < -0.4 is 11.1 Å². The first kappa shape index (κ1) is 14.6. The zero-order chi connectivity index (χ0) is 14.3. The van der Waals surface area contributed by atoms with Crippen LogP contribution in [-0.2, 0) is 9.53 Å². The van der Waals surface area contributed by atoms with Gasteiger partial charge in [0.2, 0.25) is 5.91 Å². The number of nitrogens with one attached hydrogen (secondary N) is 1. The highest BCUT2D eigenvalue weighted by Gasteiger charge is 2.06. The molecule has 0 heterocycles. The van der Waals surface area contributed by atoms with E-state index in [1.807, 2.05) is 0 Å². The Kier molecular flexibility index (Phi) is 5.42. The van der Waals surface area contributed by atoms with Crippen molar-refractivity contribution in [2.24, 2.45) is 0 Å². The van der Waals surface area contributed by atoms with E-state index in [9.17, 15) is 9.59 Å². The molecule has 0 radical (unpaired) electrons. The number of carbonyl (C=O) groups is 2. The quantitative estimate of drug-likeness (QED) is 0.367. The molecular formula is C14H16N2O3. The summed E-state index contributed by atoms with van der Waals surface area (Å²) in [5.41, 5.74) is 7.25. The van der Waals surface area contributed by atoms with Crippen LogP contribution in [0, 0.1) is 11.8 Å². The van der Waals surface area contributed by atoms with Gasteiger partial charge in [-0.2, -0.15) is 0 Å². The topological polar surface area (TPSA) is 81.4 Å². The minimum atomic E-state index is -0.429. The van der Waals surface area contributed by atoms with E-state index in [1.165, 1.54) is 14.0 Å². The Morgan fingerprint density at radius 2 is 2.16 bits per heavy atom. The first-order valence-corrected chi connectivity index (χ1v) is 5.75. The Morgan fingerprint density at radius 1 is 1.42 bits per heavy atom. The van der Waals surface area contributed by atoms with Crippen molar-refractivity contribution in [1.82, 2.24) is 5.32 Å². The molecule has 19 heavy (non-hydrogen) atoms. The van der Waals surface area contributed by atoms with Gasteiger partial charge >= 0.3 is 5.97 Å². The Hall–Kier alpha value is -2.48. The molecule has 0 bridgehead atoms. The Labute approximate surface area is 112 Å². The summed E-state index contributed by atoms with van der Waals surface area (Å²) in [5, 5.41) is 2.64. The summed E-state index contributed by atoms with van der Waals surface area (Å²) >= 11 is 0. The summed E-state index contributed by atoms with van der Waals surface area (Å²) in [6.07, 6.45) is 0.515. The van der Waals surface area contributed by atoms with Gasteiger partial charge in [0, 0.05) is 31.1 Å². The smallest absolute Gasteiger partial charge is 0.337 e. The maximum atomic E-state index is 11.4. The maximum Gasteiger partial charge on any atom is 0.337 e. The van der Waals surface area contributed by atoms with Crippen LogP contribution in [0.25, 0.3) is 0 Å². The standard InChI is InChI=1S/C14H16N2O3/c1-10(17)16-8-4-3-5-11-9-12(14(18)19-2)6-7-13(11)15/h6-7,9H,4,8,15H2,1-2H3,(H,16,17). The predicted octanol–water partition coefficient (Wildman–Crippen LogP) is 0.933. The van der Waals surface area contributed by atoms with Crippen LogP contribution >= 0.6 is 0 Å². The molecule has 0 aliphatic carbocycles. The average Bonchev–Trinajstić information content (AvgIpc) is 2.39. The maximum absolute atomic E-state index is 11.4. The molecule has 0 saturated heterocycles. The van der Waals surface area contributed by atoms with Gasteiger partial charge in [-0.3, -0.25) is 4.79 Å². The molecule has 0 atom stereocenters. The Bertz CT molecular complexity index is 541. The number of nitrogens with two attached hydrogens (primary N) is 1. The first-order valence-electron chi connectivity index (χ1n) is 5.75. The molecular weight excluding hydrogens is 244 g/mol. The van der Waals surface area contributed by atoms with Gasteiger partial charge in [0.15, 0.2) is 0 Å². The van der Waals surface area contributed by atoms with Crippen LogP contribution in [0.5, 0.6) is 0 Å². The zero-order valence-corrected chi connectivity index (χ0v) is 10.9. The van der Waals surface area contributed by atoms with E-state index in [0.29, 0.717) is 29.8 Å². The lowest BCUT2D eigenvalue weighted by molar-refractivity contribution is -0.118. The fourth-order valence-electron chi connectivity index (χ4n) is 1.37. The van der Waals surface area contributed by atoms with Crippen molar-refractivity contribution < 1.29 is 14.3 Å². The number of carbonyl (C=O) groups excluding carboxylic acids is 2. The van der Waals surface area contributed by atoms with Gasteiger partial charge in [0.1, 0.15) is 0 Å². The van der Waals surface area contributed by atoms with Crippen molar-refractivity contribution in [3.63, 3.8) is 0 Å². The van der Waals surface area contributed by atoms with Crippen LogP contribution in [-0.4, -0.2) is 25.5 Å². The fourth-order valence-corrected chi connectivity index (χ4v) is 1.37. The number of hydrogen-bond acceptors (Lipinski definition) is 4. The molecule has 1 aromatic rings. The third-order valence-electron chi connectivity index (χ3n) is 2.32. The third kappa shape index (κ3) is 4.72. The number of rotatable bonds is 3. The second-order valence-corrected chi connectivity index (χ2v) is 3.83. The van der Waals surface area contributed by atoms with Crippen LogP contribution in [0.2, 0.25) is 0 Å². The van der Waals surface area contributed by atoms with Crippen LogP contribution in [0.4, 0.5) is 5.69 Å². The second-order valence-electron chi connectivity index (χ2n) is 3.83. The van der Waals surface area contributed by atoms with Gasteiger partial charge in [-0.15, -0.1) is 0 Å². The molecule has 0 spiro atoms. The Morgan fingerprint density at radius 3 is 2.79 bits per heavy atom. The molecule has 3 N–H and O–H groups in total. The number of benzene rings is 1. The lowest BCUT2D eigenvalue weighted by Gasteiger charge is -2.02. The number of methoxy groups -OCH3 is 1. The number of anilines is 1. The van der Waals surface area contributed by atoms with Crippen molar-refractivity contribution in [2.45, 2.75) is 13.3 Å². The van der Waals surface area contributed by atoms with Crippen LogP contribution in [0.1, 0.15) is 29.3 Å². The van der Waals surface area contributed by atoms with Crippen LogP contribution in [0.15, 0.2) is 18.2 Å². The number of hydrogen-bond donors (Lipinski definition) is 2. The van der Waals surface area contributed by atoms with Gasteiger partial charge in [-0.1, -0.05) is 11.8 Å². The molecule has 1 aromatic carbocycles. The fraction of sp³-hybridized carbons (Fsp3) is 0.286. The molecule has 100 valence electrons. The van der Waals surface area contributed by atoms with Gasteiger partial charge in [-0.05, 0) is 18.2 Å². The van der Waals surface area contributed by atoms with E-state index in [2.05, 4.69) is 21.9 Å². The van der Waals surface area contributed by atoms with Crippen molar-refractivity contribution in [3.8, 4) is 11.8 Å². The lowest BCUT2D eigenvalue weighted by Crippen LogP contribution is -2.20. The third-order valence-corrected chi connectivity index (χ3v) is 2.32. The molecule has 0 aliphatic rings. The summed E-state index contributed by atoms with van der Waals surface area (Å²) in [6.45, 7) is 1.93. The summed E-state index contributed by atoms with van der Waals surface area (Å²) in [7, 11) is 1.32. The zero-order valence-electron chi connectivity index (χ0n) is 10.9. The van der Waals surface area contributed by atoms with E-state index in [4.69, 9.17) is 5.73 Å². The SMILES string of the molecule is COC(=O)c1ccc(N)c(C#CCCNC(C)=O)c1. The Balaban J connectivity index is 2.74. The van der Waals surface area contributed by atoms with Crippen molar-refractivity contribution in [2.75, 3.05) is 19.4 Å². The largest absolute Gasteiger partial charge is 0.465 e. The van der Waals surface area contributed by atoms with Gasteiger partial charge in [0.25, 0.3) is 0 Å². The van der Waals surface area contributed by atoms with E-state index in [-0.39, 0.29) is 5.91 Å². The van der Waals surface area contributed by atoms with E-state index < -0.39 is 5.97 Å². The normalized spacial score (nSPS) is 9.16. The number of amides is 1. The molecule has 0 aliphatic heterocycles. The highest BCUT2D eigenvalue weighted by atomic mass is 16.5. The minimum absolute atomic E-state index is 0.0889. The molecule has 0 aromatic heterocycles. The van der Waals surface area contributed by atoms with Crippen molar-refractivity contribution in [1.29, 1.82) is 0 Å². The molecule has 0 unspecified atom stereocenters. The molecule has 1 rings (SSSR count). The van der Waals surface area contributed by atoms with Crippen molar-refractivity contribution in [3.05, 3.63) is 29.3 Å². The van der Waals surface area contributed by atoms with Gasteiger partial charge < -0.3 is 15.8 Å². The summed E-state index contributed by atoms with van der Waals surface area (Å²) in [4.78, 5) is 22.0. The van der Waals surface area contributed by atoms with Crippen LogP contribution in [0.3, 0.4) is 0 Å². The first-order chi connectivity index (χ1) is 9.04. The van der Waals surface area contributed by atoms with E-state index >= 15 is 0 Å². The van der Waals surface area contributed by atoms with Gasteiger partial charge in [-0.25, -0.2) is 4.79 Å². The monoisotopic (exact) mass is 260 g/mol. The molecule has 5 heteroatoms. The highest BCUT2D eigenvalue weighted by Crippen LogP contribution is 2.13. The molecule has 1 amide bonds. The lowest BCUT2D eigenvalue weighted by atomic mass is 10.1. The number of ether oxygens (including phenoxy) is 1. The number of nitrogen functional groups attached to an aromatic ring is 1. The average molecular weight is 260 g/mol. The minimum Gasteiger partial charge on any atom is -0.465 e.